The third-order valence-corrected chi connectivity index (χ3v) is 3.80. The van der Waals surface area contributed by atoms with Gasteiger partial charge in [0.2, 0.25) is 0 Å². The van der Waals surface area contributed by atoms with E-state index >= 15 is 0 Å². The number of benzene rings is 2. The van der Waals surface area contributed by atoms with Crippen molar-refractivity contribution in [3.63, 3.8) is 0 Å². The van der Waals surface area contributed by atoms with Crippen molar-refractivity contribution in [1.29, 1.82) is 0 Å². The number of rotatable bonds is 7. The minimum Gasteiger partial charge on any atom is -0.496 e. The zero-order valence-corrected chi connectivity index (χ0v) is 14.5. The Balaban J connectivity index is 1.54. The van der Waals surface area contributed by atoms with Gasteiger partial charge >= 0.3 is 0 Å². The number of carbonyl (C=O) groups excluding carboxylic acids is 1. The summed E-state index contributed by atoms with van der Waals surface area (Å²) >= 11 is 0. The van der Waals surface area contributed by atoms with Crippen molar-refractivity contribution in [2.45, 2.75) is 13.0 Å². The summed E-state index contributed by atoms with van der Waals surface area (Å²) in [6, 6.07) is 14.5. The molecule has 0 aliphatic heterocycles. The van der Waals surface area contributed by atoms with E-state index in [1.165, 1.54) is 11.0 Å². The van der Waals surface area contributed by atoms with Crippen molar-refractivity contribution in [3.8, 4) is 17.2 Å². The molecule has 1 atom stereocenters. The van der Waals surface area contributed by atoms with E-state index in [-0.39, 0.29) is 18.6 Å². The molecule has 0 saturated carbocycles. The Labute approximate surface area is 150 Å². The maximum absolute atomic E-state index is 12.1. The van der Waals surface area contributed by atoms with E-state index < -0.39 is 0 Å². The van der Waals surface area contributed by atoms with E-state index in [4.69, 9.17) is 9.47 Å². The first-order valence-electron chi connectivity index (χ1n) is 8.06. The van der Waals surface area contributed by atoms with Gasteiger partial charge in [-0.3, -0.25) is 4.79 Å². The van der Waals surface area contributed by atoms with E-state index in [0.717, 1.165) is 17.0 Å². The minimum absolute atomic E-state index is 0.0796. The fourth-order valence-electron chi connectivity index (χ4n) is 2.51. The predicted molar refractivity (Wildman–Crippen MR) is 94.2 cm³/mol. The monoisotopic (exact) mass is 353 g/mol. The number of tetrazole rings is 1. The van der Waals surface area contributed by atoms with E-state index in [0.29, 0.717) is 5.75 Å². The highest BCUT2D eigenvalue weighted by Gasteiger charge is 2.14. The van der Waals surface area contributed by atoms with E-state index in [9.17, 15) is 4.79 Å². The standard InChI is InChI=1S/C18H19N5O3/c1-13(16-5-3-4-6-17(16)25-2)20-18(24)11-26-15-9-7-14(8-10-15)23-12-19-21-22-23/h3-10,12-13H,11H2,1-2H3,(H,20,24). The largest absolute Gasteiger partial charge is 0.496 e. The number of nitrogens with one attached hydrogen (secondary N) is 1. The van der Waals surface area contributed by atoms with Crippen molar-refractivity contribution in [1.82, 2.24) is 25.5 Å². The second kappa shape index (κ2) is 8.11. The lowest BCUT2D eigenvalue weighted by Crippen LogP contribution is -2.31. The van der Waals surface area contributed by atoms with Gasteiger partial charge in [0.1, 0.15) is 17.8 Å². The van der Waals surface area contributed by atoms with Gasteiger partial charge < -0.3 is 14.8 Å². The zero-order chi connectivity index (χ0) is 18.4. The van der Waals surface area contributed by atoms with Crippen molar-refractivity contribution in [3.05, 3.63) is 60.4 Å². The predicted octanol–water partition coefficient (Wildman–Crippen LogP) is 1.93. The first-order valence-corrected chi connectivity index (χ1v) is 8.06. The summed E-state index contributed by atoms with van der Waals surface area (Å²) in [5.41, 5.74) is 1.71. The van der Waals surface area contributed by atoms with Crippen LogP contribution >= 0.6 is 0 Å². The molecule has 0 saturated heterocycles. The molecule has 0 aliphatic rings. The highest BCUT2D eigenvalue weighted by molar-refractivity contribution is 5.78. The van der Waals surface area contributed by atoms with Crippen LogP contribution in [-0.4, -0.2) is 39.8 Å². The Morgan fingerprint density at radius 1 is 1.19 bits per heavy atom. The lowest BCUT2D eigenvalue weighted by molar-refractivity contribution is -0.123. The van der Waals surface area contributed by atoms with Crippen LogP contribution < -0.4 is 14.8 Å². The number of carbonyl (C=O) groups is 1. The number of methoxy groups -OCH3 is 1. The second-order valence-electron chi connectivity index (χ2n) is 5.57. The maximum atomic E-state index is 12.1. The highest BCUT2D eigenvalue weighted by atomic mass is 16.5. The van der Waals surface area contributed by atoms with Crippen molar-refractivity contribution < 1.29 is 14.3 Å². The number of aromatic nitrogens is 4. The minimum atomic E-state index is -0.215. The molecule has 26 heavy (non-hydrogen) atoms. The molecule has 134 valence electrons. The summed E-state index contributed by atoms with van der Waals surface area (Å²) in [6.07, 6.45) is 1.50. The third-order valence-electron chi connectivity index (χ3n) is 3.80. The van der Waals surface area contributed by atoms with E-state index in [2.05, 4.69) is 20.8 Å². The number of hydrogen-bond donors (Lipinski definition) is 1. The molecule has 1 N–H and O–H groups in total. The van der Waals surface area contributed by atoms with Crippen LogP contribution in [0.1, 0.15) is 18.5 Å². The summed E-state index contributed by atoms with van der Waals surface area (Å²) in [4.78, 5) is 12.1. The summed E-state index contributed by atoms with van der Waals surface area (Å²) in [5.74, 6) is 1.11. The molecule has 2 aromatic carbocycles. The van der Waals surface area contributed by atoms with Gasteiger partial charge in [0, 0.05) is 5.56 Å². The third kappa shape index (κ3) is 4.15. The summed E-state index contributed by atoms with van der Waals surface area (Å²) in [7, 11) is 1.61. The quantitative estimate of drug-likeness (QED) is 0.698. The Kier molecular flexibility index (Phi) is 5.43. The van der Waals surface area contributed by atoms with Crippen LogP contribution in [0.15, 0.2) is 54.9 Å². The fourth-order valence-corrected chi connectivity index (χ4v) is 2.51. The average molecular weight is 353 g/mol. The van der Waals surface area contributed by atoms with Crippen LogP contribution in [0.4, 0.5) is 0 Å². The normalized spacial score (nSPS) is 11.6. The molecule has 1 amide bonds. The van der Waals surface area contributed by atoms with Gasteiger partial charge in [-0.1, -0.05) is 18.2 Å². The molecule has 1 unspecified atom stereocenters. The van der Waals surface area contributed by atoms with Crippen molar-refractivity contribution >= 4 is 5.91 Å². The molecular formula is C18H19N5O3. The van der Waals surface area contributed by atoms with Crippen LogP contribution in [0.5, 0.6) is 11.5 Å². The van der Waals surface area contributed by atoms with Crippen LogP contribution in [0.2, 0.25) is 0 Å². The number of amides is 1. The van der Waals surface area contributed by atoms with Gasteiger partial charge in [-0.15, -0.1) is 5.10 Å². The van der Waals surface area contributed by atoms with E-state index in [1.807, 2.05) is 31.2 Å². The van der Waals surface area contributed by atoms with Gasteiger partial charge in [0.05, 0.1) is 18.8 Å². The topological polar surface area (TPSA) is 91.2 Å². The maximum Gasteiger partial charge on any atom is 0.258 e. The number of para-hydroxylation sites is 1. The summed E-state index contributed by atoms with van der Waals surface area (Å²) in [6.45, 7) is 1.82. The highest BCUT2D eigenvalue weighted by Crippen LogP contribution is 2.24. The molecule has 0 spiro atoms. The summed E-state index contributed by atoms with van der Waals surface area (Å²) in [5, 5.41) is 13.9. The smallest absolute Gasteiger partial charge is 0.258 e. The molecule has 3 aromatic rings. The zero-order valence-electron chi connectivity index (χ0n) is 14.5. The number of ether oxygens (including phenoxy) is 2. The lowest BCUT2D eigenvalue weighted by atomic mass is 10.1. The molecule has 8 nitrogen and oxygen atoms in total. The molecule has 0 fully saturated rings. The fraction of sp³-hybridized carbons (Fsp3) is 0.222. The van der Waals surface area contributed by atoms with Gasteiger partial charge in [0.25, 0.3) is 5.91 Å². The van der Waals surface area contributed by atoms with Crippen LogP contribution in [-0.2, 0) is 4.79 Å². The van der Waals surface area contributed by atoms with Crippen molar-refractivity contribution in [2.24, 2.45) is 0 Å². The molecular weight excluding hydrogens is 334 g/mol. The second-order valence-corrected chi connectivity index (χ2v) is 5.57. The Hall–Kier alpha value is -3.42. The van der Waals surface area contributed by atoms with Gasteiger partial charge in [0.15, 0.2) is 6.61 Å². The van der Waals surface area contributed by atoms with Crippen LogP contribution in [0.25, 0.3) is 5.69 Å². The van der Waals surface area contributed by atoms with Gasteiger partial charge in [-0.05, 0) is 47.7 Å². The molecule has 8 heteroatoms. The SMILES string of the molecule is COc1ccccc1C(C)NC(=O)COc1ccc(-n2cnnn2)cc1. The van der Waals surface area contributed by atoms with Crippen LogP contribution in [0, 0.1) is 0 Å². The average Bonchev–Trinajstić information content (AvgIpc) is 3.21. The van der Waals surface area contributed by atoms with Crippen LogP contribution in [0.3, 0.4) is 0 Å². The molecule has 0 bridgehead atoms. The Morgan fingerprint density at radius 3 is 2.65 bits per heavy atom. The van der Waals surface area contributed by atoms with Gasteiger partial charge in [-0.25, -0.2) is 4.68 Å². The first-order chi connectivity index (χ1) is 12.7. The number of nitrogens with zero attached hydrogens (tertiary/aromatic N) is 4. The summed E-state index contributed by atoms with van der Waals surface area (Å²) < 4.78 is 12.4. The Bertz CT molecular complexity index is 850. The molecule has 0 aliphatic carbocycles. The van der Waals surface area contributed by atoms with E-state index in [1.54, 1.807) is 31.4 Å². The molecule has 0 radical (unpaired) electrons. The lowest BCUT2D eigenvalue weighted by Gasteiger charge is -2.17. The molecule has 1 heterocycles. The van der Waals surface area contributed by atoms with Gasteiger partial charge in [-0.2, -0.15) is 0 Å². The molecule has 3 rings (SSSR count). The Morgan fingerprint density at radius 2 is 1.96 bits per heavy atom. The first kappa shape index (κ1) is 17.4. The molecule has 1 aromatic heterocycles. The number of hydrogen-bond acceptors (Lipinski definition) is 6. The van der Waals surface area contributed by atoms with Crippen molar-refractivity contribution in [2.75, 3.05) is 13.7 Å².